The number of pyridine rings is 1. The number of H-pyrrole nitrogens is 1. The number of fused-ring (bicyclic) bond motifs is 1. The molecule has 1 unspecified atom stereocenters. The summed E-state index contributed by atoms with van der Waals surface area (Å²) in [7, 11) is 1.54. The summed E-state index contributed by atoms with van der Waals surface area (Å²) in [5.74, 6) is -1.97. The second-order valence-corrected chi connectivity index (χ2v) is 14.6. The first-order valence-corrected chi connectivity index (χ1v) is 18.5. The molecule has 3 N–H and O–H groups in total. The number of alkyl halides is 6. The van der Waals surface area contributed by atoms with Crippen molar-refractivity contribution >= 4 is 34.3 Å². The Kier molecular flexibility index (Phi) is 11.1. The maximum Gasteiger partial charge on any atom is 0.573 e. The van der Waals surface area contributed by atoms with Crippen molar-refractivity contribution in [3.05, 3.63) is 75.8 Å². The molecule has 2 aromatic heterocycles. The van der Waals surface area contributed by atoms with Crippen LogP contribution in [-0.2, 0) is 34.2 Å². The minimum Gasteiger partial charge on any atom is -0.405 e. The summed E-state index contributed by atoms with van der Waals surface area (Å²) in [6.45, 7) is 2.69. The predicted molar refractivity (Wildman–Crippen MR) is 195 cm³/mol. The Morgan fingerprint density at radius 1 is 0.930 bits per heavy atom. The van der Waals surface area contributed by atoms with Gasteiger partial charge in [-0.05, 0) is 54.5 Å². The highest BCUT2D eigenvalue weighted by Crippen LogP contribution is 2.41. The van der Waals surface area contributed by atoms with Gasteiger partial charge in [0.2, 0.25) is 17.7 Å². The Labute approximate surface area is 321 Å². The van der Waals surface area contributed by atoms with Crippen molar-refractivity contribution in [2.75, 3.05) is 51.1 Å². The largest absolute Gasteiger partial charge is 0.573 e. The number of hydrogen-bond acceptors (Lipinski definition) is 9. The van der Waals surface area contributed by atoms with Gasteiger partial charge in [0.25, 0.3) is 5.56 Å². The number of hydrogen-bond donors (Lipinski definition) is 3. The summed E-state index contributed by atoms with van der Waals surface area (Å²) in [6, 6.07) is 7.61. The van der Waals surface area contributed by atoms with Gasteiger partial charge in [0.15, 0.2) is 0 Å². The summed E-state index contributed by atoms with van der Waals surface area (Å²) in [5, 5.41) is 12.0. The van der Waals surface area contributed by atoms with Crippen LogP contribution in [0, 0.1) is 0 Å². The second kappa shape index (κ2) is 15.8. The first kappa shape index (κ1) is 39.8. The number of piperidine rings is 2. The molecule has 5 heterocycles. The number of aromatic nitrogens is 3. The number of amides is 3. The molecule has 3 saturated heterocycles. The number of nitrogens with zero attached hydrogens (tertiary/aromatic N) is 5. The third-order valence-electron chi connectivity index (χ3n) is 10.8. The van der Waals surface area contributed by atoms with E-state index in [0.29, 0.717) is 61.1 Å². The van der Waals surface area contributed by atoms with Crippen molar-refractivity contribution in [3.8, 4) is 16.9 Å². The lowest BCUT2D eigenvalue weighted by atomic mass is 9.86. The molecule has 4 aromatic rings. The number of anilines is 1. The topological polar surface area (TPSA) is 145 Å². The van der Waals surface area contributed by atoms with Crippen molar-refractivity contribution in [1.82, 2.24) is 34.8 Å². The third kappa shape index (κ3) is 9.09. The van der Waals surface area contributed by atoms with Gasteiger partial charge in [0.1, 0.15) is 17.3 Å². The van der Waals surface area contributed by atoms with Crippen LogP contribution < -0.4 is 20.9 Å². The van der Waals surface area contributed by atoms with Crippen LogP contribution in [0.25, 0.3) is 22.0 Å². The summed E-state index contributed by atoms with van der Waals surface area (Å²) >= 11 is 0. The average molecular weight is 803 g/mol. The highest BCUT2D eigenvalue weighted by molar-refractivity contribution is 6.01. The highest BCUT2D eigenvalue weighted by Gasteiger charge is 2.38. The van der Waals surface area contributed by atoms with Gasteiger partial charge in [0, 0.05) is 87.7 Å². The SMILES string of the molecule is Cn1cc(-c2ccc(CN3CCN(CC(=O)N4CCC(c5ccc(NC6CCC(=O)NC6=O)cc5C(F)(F)F)CC4)CC3)c(OC(F)(F)F)c2)c2cn[nH]c2c1=O. The van der Waals surface area contributed by atoms with Gasteiger partial charge in [-0.15, -0.1) is 13.2 Å². The zero-order chi connectivity index (χ0) is 40.6. The Hall–Kier alpha value is -5.43. The maximum absolute atomic E-state index is 14.2. The van der Waals surface area contributed by atoms with E-state index in [4.69, 9.17) is 0 Å². The van der Waals surface area contributed by atoms with Crippen LogP contribution in [0.1, 0.15) is 48.3 Å². The van der Waals surface area contributed by atoms with E-state index < -0.39 is 41.9 Å². The fourth-order valence-corrected chi connectivity index (χ4v) is 7.81. The molecule has 57 heavy (non-hydrogen) atoms. The molecule has 1 atom stereocenters. The lowest BCUT2D eigenvalue weighted by Gasteiger charge is -2.37. The summed E-state index contributed by atoms with van der Waals surface area (Å²) in [5.41, 5.74) is 0.555. The van der Waals surface area contributed by atoms with Crippen LogP contribution in [0.15, 0.2) is 53.6 Å². The molecule has 0 saturated carbocycles. The number of nitrogens with one attached hydrogen (secondary N) is 3. The van der Waals surface area contributed by atoms with Gasteiger partial charge in [-0.25, -0.2) is 0 Å². The number of benzene rings is 2. The Balaban J connectivity index is 0.935. The first-order valence-electron chi connectivity index (χ1n) is 18.5. The zero-order valence-electron chi connectivity index (χ0n) is 30.8. The molecule has 3 aliphatic rings. The van der Waals surface area contributed by atoms with E-state index >= 15 is 0 Å². The van der Waals surface area contributed by atoms with Gasteiger partial charge in [-0.3, -0.25) is 39.4 Å². The zero-order valence-corrected chi connectivity index (χ0v) is 30.8. The molecule has 7 rings (SSSR count). The molecule has 19 heteroatoms. The van der Waals surface area contributed by atoms with Gasteiger partial charge in [0.05, 0.1) is 18.3 Å². The fraction of sp³-hybridized carbons (Fsp3) is 0.447. The lowest BCUT2D eigenvalue weighted by molar-refractivity contribution is -0.275. The predicted octanol–water partition coefficient (Wildman–Crippen LogP) is 4.59. The van der Waals surface area contributed by atoms with Crippen LogP contribution in [0.3, 0.4) is 0 Å². The third-order valence-corrected chi connectivity index (χ3v) is 10.8. The molecule has 2 aromatic carbocycles. The molecule has 0 spiro atoms. The fourth-order valence-electron chi connectivity index (χ4n) is 7.81. The summed E-state index contributed by atoms with van der Waals surface area (Å²) in [4.78, 5) is 54.9. The molecular formula is C38H40F6N8O5. The van der Waals surface area contributed by atoms with Crippen LogP contribution >= 0.6 is 0 Å². The number of carbonyl (C=O) groups excluding carboxylic acids is 3. The van der Waals surface area contributed by atoms with Gasteiger partial charge in [-0.2, -0.15) is 18.3 Å². The number of imide groups is 1. The Morgan fingerprint density at radius 2 is 1.65 bits per heavy atom. The van der Waals surface area contributed by atoms with E-state index in [9.17, 15) is 45.5 Å². The summed E-state index contributed by atoms with van der Waals surface area (Å²) in [6.07, 6.45) is -5.71. The lowest BCUT2D eigenvalue weighted by Crippen LogP contribution is -2.50. The van der Waals surface area contributed by atoms with Crippen molar-refractivity contribution in [3.63, 3.8) is 0 Å². The molecule has 3 amide bonds. The Morgan fingerprint density at radius 3 is 2.33 bits per heavy atom. The van der Waals surface area contributed by atoms with Crippen molar-refractivity contribution in [2.24, 2.45) is 7.05 Å². The number of piperazine rings is 1. The van der Waals surface area contributed by atoms with Crippen molar-refractivity contribution < 1.29 is 45.5 Å². The summed E-state index contributed by atoms with van der Waals surface area (Å²) < 4.78 is 89.2. The quantitative estimate of drug-likeness (QED) is 0.164. The van der Waals surface area contributed by atoms with Crippen molar-refractivity contribution in [1.29, 1.82) is 0 Å². The van der Waals surface area contributed by atoms with Gasteiger partial charge < -0.3 is 19.5 Å². The van der Waals surface area contributed by atoms with E-state index in [1.54, 1.807) is 17.0 Å². The average Bonchev–Trinajstić information content (AvgIpc) is 3.65. The number of aromatic amines is 1. The van der Waals surface area contributed by atoms with E-state index in [0.717, 1.165) is 6.07 Å². The van der Waals surface area contributed by atoms with E-state index in [2.05, 4.69) is 25.6 Å². The van der Waals surface area contributed by atoms with E-state index in [1.165, 1.54) is 42.2 Å². The first-order chi connectivity index (χ1) is 27.0. The number of halogens is 6. The normalized spacial score (nSPS) is 19.2. The number of carbonyl (C=O) groups is 3. The monoisotopic (exact) mass is 802 g/mol. The minimum absolute atomic E-state index is 0.0837. The molecule has 0 aliphatic carbocycles. The highest BCUT2D eigenvalue weighted by atomic mass is 19.4. The van der Waals surface area contributed by atoms with Crippen LogP contribution in [0.2, 0.25) is 0 Å². The molecule has 0 radical (unpaired) electrons. The molecule has 3 fully saturated rings. The molecule has 13 nitrogen and oxygen atoms in total. The molecule has 3 aliphatic heterocycles. The number of likely N-dealkylation sites (tertiary alicyclic amines) is 1. The molecule has 0 bridgehead atoms. The van der Waals surface area contributed by atoms with Crippen LogP contribution in [0.5, 0.6) is 5.75 Å². The Bertz CT molecular complexity index is 2220. The van der Waals surface area contributed by atoms with E-state index in [1.807, 2.05) is 9.80 Å². The number of aryl methyl sites for hydroxylation is 1. The van der Waals surface area contributed by atoms with Gasteiger partial charge in [-0.1, -0.05) is 18.2 Å². The molecule has 304 valence electrons. The van der Waals surface area contributed by atoms with Gasteiger partial charge >= 0.3 is 12.5 Å². The van der Waals surface area contributed by atoms with Crippen LogP contribution in [-0.4, -0.2) is 105 Å². The second-order valence-electron chi connectivity index (χ2n) is 14.6. The maximum atomic E-state index is 14.2. The van der Waals surface area contributed by atoms with E-state index in [-0.39, 0.29) is 73.0 Å². The van der Waals surface area contributed by atoms with Crippen molar-refractivity contribution in [2.45, 2.75) is 56.7 Å². The smallest absolute Gasteiger partial charge is 0.405 e. The number of rotatable bonds is 9. The molecular weight excluding hydrogens is 762 g/mol. The minimum atomic E-state index is -4.95. The number of ether oxygens (including phenoxy) is 1. The standard InChI is InChI=1S/C38H40F6N8O5/c1-49-20-28(27-18-45-48-34(27)36(49)56)23-2-3-24(31(16-23)57-38(42,43)44)19-50-12-14-51(15-13-50)21-33(54)52-10-8-22(9-11-52)26-5-4-25(17-29(26)37(39,40)41)46-30-6-7-32(53)47-35(30)55/h2-5,16-18,20,22,30,46H,6-15,19,21H2,1H3,(H,45,48)(H,47,53,55). The van der Waals surface area contributed by atoms with Crippen LogP contribution in [0.4, 0.5) is 32.0 Å².